The third-order valence-corrected chi connectivity index (χ3v) is 5.03. The van der Waals surface area contributed by atoms with E-state index in [9.17, 15) is 26.3 Å². The van der Waals surface area contributed by atoms with E-state index in [0.29, 0.717) is 11.5 Å². The van der Waals surface area contributed by atoms with Crippen molar-refractivity contribution in [1.29, 1.82) is 0 Å². The van der Waals surface area contributed by atoms with Crippen LogP contribution in [0.1, 0.15) is 11.1 Å². The number of hydrogen-bond acceptors (Lipinski definition) is 4. The summed E-state index contributed by atoms with van der Waals surface area (Å²) >= 11 is 0. The maximum atomic E-state index is 13.0. The van der Waals surface area contributed by atoms with Gasteiger partial charge in [-0.3, -0.25) is 0 Å². The second-order valence-corrected chi connectivity index (χ2v) is 7.83. The molecule has 0 aliphatic rings. The number of rotatable bonds is 5. The van der Waals surface area contributed by atoms with Crippen molar-refractivity contribution in [3.8, 4) is 34.1 Å². The van der Waals surface area contributed by atoms with Gasteiger partial charge in [-0.2, -0.15) is 26.3 Å². The summed E-state index contributed by atoms with van der Waals surface area (Å²) in [5, 5.41) is 0. The Bertz CT molecular complexity index is 1260. The first-order chi connectivity index (χ1) is 16.9. The van der Waals surface area contributed by atoms with Gasteiger partial charge in [0.25, 0.3) is 0 Å². The Labute approximate surface area is 201 Å². The first-order valence-corrected chi connectivity index (χ1v) is 10.4. The van der Waals surface area contributed by atoms with E-state index in [1.807, 2.05) is 0 Å². The normalized spacial score (nSPS) is 11.8. The fraction of sp³-hybridized carbons (Fsp3) is 0.0769. The summed E-state index contributed by atoms with van der Waals surface area (Å²) in [7, 11) is 0. The first kappa shape index (κ1) is 24.8. The Morgan fingerprint density at radius 2 is 0.778 bits per heavy atom. The van der Waals surface area contributed by atoms with Crippen molar-refractivity contribution in [2.75, 3.05) is 11.5 Å². The van der Waals surface area contributed by atoms with Crippen LogP contribution in [0.3, 0.4) is 0 Å². The zero-order valence-electron chi connectivity index (χ0n) is 18.3. The highest BCUT2D eigenvalue weighted by Crippen LogP contribution is 2.37. The van der Waals surface area contributed by atoms with E-state index in [1.54, 1.807) is 48.5 Å². The van der Waals surface area contributed by atoms with Gasteiger partial charge in [-0.05, 0) is 59.7 Å². The van der Waals surface area contributed by atoms with Crippen molar-refractivity contribution >= 4 is 11.4 Å². The van der Waals surface area contributed by atoms with Crippen molar-refractivity contribution in [2.45, 2.75) is 12.4 Å². The topological polar surface area (TPSA) is 70.5 Å². The molecule has 0 aliphatic heterocycles. The van der Waals surface area contributed by atoms with Crippen LogP contribution in [0.4, 0.5) is 37.7 Å². The third-order valence-electron chi connectivity index (χ3n) is 5.03. The van der Waals surface area contributed by atoms with Crippen LogP contribution in [0.15, 0.2) is 84.9 Å². The van der Waals surface area contributed by atoms with E-state index in [0.717, 1.165) is 35.4 Å². The van der Waals surface area contributed by atoms with Crippen LogP contribution in [0.2, 0.25) is 0 Å². The van der Waals surface area contributed by atoms with E-state index in [2.05, 4.69) is 0 Å². The molecule has 10 heteroatoms. The van der Waals surface area contributed by atoms with Crippen molar-refractivity contribution in [3.05, 3.63) is 96.1 Å². The Hall–Kier alpha value is -4.34. The molecular weight excluding hydrogens is 486 g/mol. The fourth-order valence-electron chi connectivity index (χ4n) is 3.39. The molecule has 4 N–H and O–H groups in total. The van der Waals surface area contributed by atoms with E-state index in [1.165, 1.54) is 12.1 Å². The van der Waals surface area contributed by atoms with Crippen LogP contribution in [-0.4, -0.2) is 0 Å². The number of alkyl halides is 6. The Morgan fingerprint density at radius 3 is 1.08 bits per heavy atom. The van der Waals surface area contributed by atoms with Crippen molar-refractivity contribution in [1.82, 2.24) is 0 Å². The molecule has 0 unspecified atom stereocenters. The lowest BCUT2D eigenvalue weighted by Gasteiger charge is -2.12. The molecule has 0 atom stereocenters. The molecule has 186 valence electrons. The van der Waals surface area contributed by atoms with Gasteiger partial charge in [0.15, 0.2) is 0 Å². The van der Waals surface area contributed by atoms with Crippen molar-refractivity contribution in [2.24, 2.45) is 0 Å². The van der Waals surface area contributed by atoms with Gasteiger partial charge in [-0.25, -0.2) is 0 Å². The maximum Gasteiger partial charge on any atom is 0.416 e. The molecule has 0 aliphatic carbocycles. The van der Waals surface area contributed by atoms with Gasteiger partial charge in [0.2, 0.25) is 0 Å². The van der Waals surface area contributed by atoms with Crippen LogP contribution >= 0.6 is 0 Å². The smallest absolute Gasteiger partial charge is 0.416 e. The molecule has 36 heavy (non-hydrogen) atoms. The quantitative estimate of drug-likeness (QED) is 0.213. The molecule has 0 saturated heterocycles. The largest absolute Gasteiger partial charge is 0.457 e. The van der Waals surface area contributed by atoms with Gasteiger partial charge in [0.05, 0.1) is 11.1 Å². The van der Waals surface area contributed by atoms with E-state index >= 15 is 0 Å². The molecule has 4 nitrogen and oxygen atoms in total. The second-order valence-electron chi connectivity index (χ2n) is 7.83. The zero-order valence-corrected chi connectivity index (χ0v) is 18.3. The minimum Gasteiger partial charge on any atom is -0.457 e. The first-order valence-electron chi connectivity index (χ1n) is 10.4. The molecule has 0 saturated carbocycles. The fourth-order valence-corrected chi connectivity index (χ4v) is 3.39. The summed E-state index contributed by atoms with van der Waals surface area (Å²) in [6.45, 7) is 0. The molecule has 4 aromatic rings. The molecule has 0 spiro atoms. The summed E-state index contributed by atoms with van der Waals surface area (Å²) in [5.74, 6) is 0.512. The van der Waals surface area contributed by atoms with Crippen LogP contribution in [0.5, 0.6) is 23.0 Å². The number of benzene rings is 4. The standard InChI is InChI=1S/C26H18F6N2O2/c27-25(28,29)17-9-19(33)13-23(11-17)35-21-5-1-15(2-6-21)16-3-7-22(8-4-16)36-24-12-18(26(30,31)32)10-20(34)14-24/h1-14H,33-34H2. The van der Waals surface area contributed by atoms with E-state index < -0.39 is 23.5 Å². The SMILES string of the molecule is Nc1cc(Oc2ccc(-c3ccc(Oc4cc(N)cc(C(F)(F)F)c4)cc3)cc2)cc(C(F)(F)F)c1. The predicted molar refractivity (Wildman–Crippen MR) is 124 cm³/mol. The molecule has 0 bridgehead atoms. The molecule has 4 aromatic carbocycles. The predicted octanol–water partition coefficient (Wildman–Crippen LogP) is 8.14. The second kappa shape index (κ2) is 9.37. The van der Waals surface area contributed by atoms with Crippen LogP contribution in [0, 0.1) is 0 Å². The van der Waals surface area contributed by atoms with Gasteiger partial charge in [-0.15, -0.1) is 0 Å². The molecule has 0 aromatic heterocycles. The monoisotopic (exact) mass is 504 g/mol. The lowest BCUT2D eigenvalue weighted by molar-refractivity contribution is -0.138. The summed E-state index contributed by atoms with van der Waals surface area (Å²) in [6.07, 6.45) is -9.11. The maximum absolute atomic E-state index is 13.0. The summed E-state index contributed by atoms with van der Waals surface area (Å²) in [6, 6.07) is 19.1. The minimum absolute atomic E-state index is 0.0493. The van der Waals surface area contributed by atoms with Gasteiger partial charge in [-0.1, -0.05) is 24.3 Å². The molecular formula is C26H18F6N2O2. The number of hydrogen-bond donors (Lipinski definition) is 2. The lowest BCUT2D eigenvalue weighted by Crippen LogP contribution is -2.06. The average molecular weight is 504 g/mol. The molecule has 4 rings (SSSR count). The summed E-state index contributed by atoms with van der Waals surface area (Å²) in [4.78, 5) is 0. The minimum atomic E-state index is -4.55. The highest BCUT2D eigenvalue weighted by Gasteiger charge is 2.32. The zero-order chi connectivity index (χ0) is 26.1. The van der Waals surface area contributed by atoms with E-state index in [4.69, 9.17) is 20.9 Å². The van der Waals surface area contributed by atoms with Gasteiger partial charge in [0.1, 0.15) is 23.0 Å². The number of halogens is 6. The highest BCUT2D eigenvalue weighted by atomic mass is 19.4. The van der Waals surface area contributed by atoms with E-state index in [-0.39, 0.29) is 22.9 Å². The van der Waals surface area contributed by atoms with Crippen molar-refractivity contribution < 1.29 is 35.8 Å². The van der Waals surface area contributed by atoms with Crippen LogP contribution in [0.25, 0.3) is 11.1 Å². The van der Waals surface area contributed by atoms with Crippen LogP contribution < -0.4 is 20.9 Å². The van der Waals surface area contributed by atoms with Gasteiger partial charge in [0, 0.05) is 23.5 Å². The van der Waals surface area contributed by atoms with Crippen molar-refractivity contribution in [3.63, 3.8) is 0 Å². The van der Waals surface area contributed by atoms with Crippen LogP contribution in [-0.2, 0) is 12.4 Å². The number of nitrogens with two attached hydrogens (primary N) is 2. The van der Waals surface area contributed by atoms with Gasteiger partial charge < -0.3 is 20.9 Å². The number of ether oxygens (including phenoxy) is 2. The highest BCUT2D eigenvalue weighted by molar-refractivity contribution is 5.65. The van der Waals surface area contributed by atoms with Gasteiger partial charge >= 0.3 is 12.4 Å². The third kappa shape index (κ3) is 6.01. The molecule has 0 radical (unpaired) electrons. The average Bonchev–Trinajstić information content (AvgIpc) is 2.78. The molecule has 0 amide bonds. The summed E-state index contributed by atoms with van der Waals surface area (Å²) in [5.41, 5.74) is 10.7. The summed E-state index contributed by atoms with van der Waals surface area (Å²) < 4.78 is 89.0. The Morgan fingerprint density at radius 1 is 0.444 bits per heavy atom. The Kier molecular flexibility index (Phi) is 6.45. The Balaban J connectivity index is 1.47. The molecule has 0 heterocycles. The molecule has 0 fully saturated rings. The number of anilines is 2. The lowest BCUT2D eigenvalue weighted by atomic mass is 10.1. The number of nitrogen functional groups attached to an aromatic ring is 2.